The number of nitrogens with zero attached hydrogens (tertiary/aromatic N) is 1. The topological polar surface area (TPSA) is 12.5 Å². The Morgan fingerprint density at radius 3 is 2.59 bits per heavy atom. The first-order chi connectivity index (χ1) is 7.97. The van der Waals surface area contributed by atoms with E-state index in [2.05, 4.69) is 0 Å². The first kappa shape index (κ1) is 12.2. The van der Waals surface area contributed by atoms with Crippen LogP contribution in [0.15, 0.2) is 24.3 Å². The zero-order valence-corrected chi connectivity index (χ0v) is 9.50. The Morgan fingerprint density at radius 1 is 1.29 bits per heavy atom. The molecule has 0 spiro atoms. The van der Waals surface area contributed by atoms with Crippen LogP contribution in [0, 0.1) is 0 Å². The van der Waals surface area contributed by atoms with Crippen LogP contribution in [0.25, 0.3) is 0 Å². The van der Waals surface area contributed by atoms with Gasteiger partial charge in [-0.25, -0.2) is 0 Å². The molecular weight excluding hydrogens is 231 g/mol. The lowest BCUT2D eigenvalue weighted by Gasteiger charge is -2.18. The predicted octanol–water partition coefficient (Wildman–Crippen LogP) is 2.79. The van der Waals surface area contributed by atoms with Gasteiger partial charge in [-0.05, 0) is 25.6 Å². The summed E-state index contributed by atoms with van der Waals surface area (Å²) in [5, 5.41) is 0. The highest BCUT2D eigenvalue weighted by molar-refractivity contribution is 5.35. The van der Waals surface area contributed by atoms with Crippen LogP contribution in [-0.2, 0) is 6.18 Å². The van der Waals surface area contributed by atoms with Gasteiger partial charge in [0.15, 0.2) is 0 Å². The molecule has 0 saturated carbocycles. The Hall–Kier alpha value is -1.23. The molecule has 17 heavy (non-hydrogen) atoms. The molecule has 0 unspecified atom stereocenters. The maximum absolute atomic E-state index is 12.7. The molecule has 0 aromatic heterocycles. The number of benzene rings is 1. The molecule has 2 nitrogen and oxygen atoms in total. The number of rotatable bonds is 2. The third kappa shape index (κ3) is 2.91. The number of hydrogen-bond donors (Lipinski definition) is 0. The third-order valence-electron chi connectivity index (χ3n) is 2.83. The van der Waals surface area contributed by atoms with E-state index in [-0.39, 0.29) is 11.9 Å². The van der Waals surface area contributed by atoms with E-state index in [0.29, 0.717) is 6.54 Å². The Balaban J connectivity index is 2.15. The number of hydrogen-bond acceptors (Lipinski definition) is 2. The average molecular weight is 245 g/mol. The van der Waals surface area contributed by atoms with Crippen LogP contribution in [0.5, 0.6) is 5.75 Å². The smallest absolute Gasteiger partial charge is 0.419 e. The molecule has 1 aromatic carbocycles. The van der Waals surface area contributed by atoms with E-state index < -0.39 is 11.7 Å². The van der Waals surface area contributed by atoms with Crippen LogP contribution in [0.1, 0.15) is 12.0 Å². The van der Waals surface area contributed by atoms with Gasteiger partial charge >= 0.3 is 6.18 Å². The van der Waals surface area contributed by atoms with Gasteiger partial charge in [-0.15, -0.1) is 0 Å². The predicted molar refractivity (Wildman–Crippen MR) is 58.0 cm³/mol. The Kier molecular flexibility index (Phi) is 3.28. The molecule has 1 aliphatic heterocycles. The fourth-order valence-corrected chi connectivity index (χ4v) is 1.97. The summed E-state index contributed by atoms with van der Waals surface area (Å²) < 4.78 is 43.6. The highest BCUT2D eigenvalue weighted by Crippen LogP contribution is 2.36. The molecule has 1 heterocycles. The highest BCUT2D eigenvalue weighted by Gasteiger charge is 2.35. The van der Waals surface area contributed by atoms with Crippen molar-refractivity contribution in [1.82, 2.24) is 4.90 Å². The van der Waals surface area contributed by atoms with Gasteiger partial charge in [0, 0.05) is 13.1 Å². The van der Waals surface area contributed by atoms with E-state index in [1.165, 1.54) is 12.1 Å². The molecule has 1 fully saturated rings. The molecule has 1 atom stereocenters. The molecule has 1 aromatic rings. The summed E-state index contributed by atoms with van der Waals surface area (Å²) >= 11 is 0. The molecule has 0 radical (unpaired) electrons. The largest absolute Gasteiger partial charge is 0.488 e. The van der Waals surface area contributed by atoms with Crippen molar-refractivity contribution in [2.24, 2.45) is 0 Å². The van der Waals surface area contributed by atoms with E-state index in [4.69, 9.17) is 4.74 Å². The van der Waals surface area contributed by atoms with Gasteiger partial charge in [0.25, 0.3) is 0 Å². The molecule has 0 bridgehead atoms. The van der Waals surface area contributed by atoms with E-state index >= 15 is 0 Å². The molecular formula is C12H14F3NO. The van der Waals surface area contributed by atoms with Crippen molar-refractivity contribution in [2.75, 3.05) is 20.1 Å². The number of para-hydroxylation sites is 1. The number of likely N-dealkylation sites (tertiary alicyclic amines) is 1. The Bertz CT molecular complexity index is 392. The molecule has 5 heteroatoms. The van der Waals surface area contributed by atoms with Gasteiger partial charge in [-0.2, -0.15) is 13.2 Å². The van der Waals surface area contributed by atoms with Gasteiger partial charge < -0.3 is 9.64 Å². The lowest BCUT2D eigenvalue weighted by atomic mass is 10.2. The van der Waals surface area contributed by atoms with Gasteiger partial charge in [0.1, 0.15) is 11.9 Å². The van der Waals surface area contributed by atoms with Crippen molar-refractivity contribution >= 4 is 0 Å². The molecule has 2 rings (SSSR count). The zero-order valence-electron chi connectivity index (χ0n) is 9.50. The second kappa shape index (κ2) is 4.56. The molecule has 1 aliphatic rings. The van der Waals surface area contributed by atoms with Crippen LogP contribution in [0.4, 0.5) is 13.2 Å². The van der Waals surface area contributed by atoms with Crippen LogP contribution >= 0.6 is 0 Å². The van der Waals surface area contributed by atoms with Gasteiger partial charge in [-0.3, -0.25) is 0 Å². The average Bonchev–Trinajstić information content (AvgIpc) is 2.63. The second-order valence-corrected chi connectivity index (χ2v) is 4.28. The quantitative estimate of drug-likeness (QED) is 0.794. The fraction of sp³-hybridized carbons (Fsp3) is 0.500. The number of halogens is 3. The van der Waals surface area contributed by atoms with Crippen molar-refractivity contribution < 1.29 is 17.9 Å². The van der Waals surface area contributed by atoms with E-state index in [1.807, 2.05) is 11.9 Å². The van der Waals surface area contributed by atoms with Crippen molar-refractivity contribution in [3.05, 3.63) is 29.8 Å². The number of alkyl halides is 3. The lowest BCUT2D eigenvalue weighted by Crippen LogP contribution is -2.22. The summed E-state index contributed by atoms with van der Waals surface area (Å²) in [4.78, 5) is 2.04. The van der Waals surface area contributed by atoms with Crippen molar-refractivity contribution in [3.63, 3.8) is 0 Å². The van der Waals surface area contributed by atoms with Crippen LogP contribution < -0.4 is 4.74 Å². The lowest BCUT2D eigenvalue weighted by molar-refractivity contribution is -0.139. The van der Waals surface area contributed by atoms with Gasteiger partial charge in [0.05, 0.1) is 5.56 Å². The second-order valence-electron chi connectivity index (χ2n) is 4.28. The van der Waals surface area contributed by atoms with E-state index in [9.17, 15) is 13.2 Å². The molecule has 0 N–H and O–H groups in total. The monoisotopic (exact) mass is 245 g/mol. The number of likely N-dealkylation sites (N-methyl/N-ethyl adjacent to an activating group) is 1. The first-order valence-corrected chi connectivity index (χ1v) is 5.48. The standard InChI is InChI=1S/C12H14F3NO/c1-16-7-6-9(8-16)17-11-5-3-2-4-10(11)12(13,14)15/h2-5,9H,6-8H2,1H3/t9-/m1/s1. The van der Waals surface area contributed by atoms with E-state index in [0.717, 1.165) is 19.0 Å². The summed E-state index contributed by atoms with van der Waals surface area (Å²) in [7, 11) is 1.93. The van der Waals surface area contributed by atoms with Gasteiger partial charge in [0.2, 0.25) is 0 Å². The third-order valence-corrected chi connectivity index (χ3v) is 2.83. The molecule has 94 valence electrons. The minimum absolute atomic E-state index is 0.0692. The van der Waals surface area contributed by atoms with Gasteiger partial charge in [-0.1, -0.05) is 12.1 Å². The number of ether oxygens (including phenoxy) is 1. The first-order valence-electron chi connectivity index (χ1n) is 5.48. The summed E-state index contributed by atoms with van der Waals surface area (Å²) in [5.74, 6) is -0.0692. The maximum Gasteiger partial charge on any atom is 0.419 e. The van der Waals surface area contributed by atoms with Crippen LogP contribution in [-0.4, -0.2) is 31.1 Å². The van der Waals surface area contributed by atoms with Crippen molar-refractivity contribution in [1.29, 1.82) is 0 Å². The summed E-state index contributed by atoms with van der Waals surface area (Å²) in [5.41, 5.74) is -0.699. The highest BCUT2D eigenvalue weighted by atomic mass is 19.4. The Morgan fingerprint density at radius 2 is 2.00 bits per heavy atom. The van der Waals surface area contributed by atoms with Crippen LogP contribution in [0.2, 0.25) is 0 Å². The van der Waals surface area contributed by atoms with Crippen molar-refractivity contribution in [2.45, 2.75) is 18.7 Å². The summed E-state index contributed by atoms with van der Waals surface area (Å²) in [6.45, 7) is 1.53. The SMILES string of the molecule is CN1CC[C@@H](Oc2ccccc2C(F)(F)F)C1. The summed E-state index contributed by atoms with van der Waals surface area (Å²) in [6.07, 6.45) is -3.74. The minimum atomic E-state index is -4.36. The Labute approximate surface area is 98.0 Å². The zero-order chi connectivity index (χ0) is 12.5. The normalized spacial score (nSPS) is 21.8. The summed E-state index contributed by atoms with van der Waals surface area (Å²) in [6, 6.07) is 5.36. The molecule has 0 amide bonds. The van der Waals surface area contributed by atoms with Crippen LogP contribution in [0.3, 0.4) is 0 Å². The van der Waals surface area contributed by atoms with Crippen molar-refractivity contribution in [3.8, 4) is 5.75 Å². The maximum atomic E-state index is 12.7. The minimum Gasteiger partial charge on any atom is -0.488 e. The fourth-order valence-electron chi connectivity index (χ4n) is 1.97. The van der Waals surface area contributed by atoms with E-state index in [1.54, 1.807) is 6.07 Å². The molecule has 1 saturated heterocycles. The molecule has 0 aliphatic carbocycles.